The van der Waals surface area contributed by atoms with Crippen LogP contribution in [-0.4, -0.2) is 47.3 Å². The van der Waals surface area contributed by atoms with Crippen LogP contribution in [0.15, 0.2) is 42.6 Å². The second-order valence-electron chi connectivity index (χ2n) is 7.65. The lowest BCUT2D eigenvalue weighted by atomic mass is 10.0. The lowest BCUT2D eigenvalue weighted by Crippen LogP contribution is -2.44. The van der Waals surface area contributed by atoms with Crippen molar-refractivity contribution in [3.8, 4) is 17.2 Å². The summed E-state index contributed by atoms with van der Waals surface area (Å²) in [5.74, 6) is -0.659. The topological polar surface area (TPSA) is 107 Å². The maximum Gasteiger partial charge on any atom is 0.328 e. The first-order valence-electron chi connectivity index (χ1n) is 10.2. The Morgan fingerprint density at radius 2 is 1.77 bits per heavy atom. The van der Waals surface area contributed by atoms with Crippen LogP contribution in [0.3, 0.4) is 0 Å². The van der Waals surface area contributed by atoms with E-state index in [1.807, 2.05) is 51.1 Å². The molecule has 0 fully saturated rings. The lowest BCUT2D eigenvalue weighted by Gasteiger charge is -2.27. The van der Waals surface area contributed by atoms with E-state index in [1.165, 1.54) is 26.3 Å². The number of para-hydroxylation sites is 1. The second kappa shape index (κ2) is 11.2. The van der Waals surface area contributed by atoms with Crippen LogP contribution in [0.1, 0.15) is 44.6 Å². The largest absolute Gasteiger partial charge is 0.503 e. The Morgan fingerprint density at radius 1 is 1.10 bits per heavy atom. The minimum absolute atomic E-state index is 0.110. The first-order chi connectivity index (χ1) is 14.7. The van der Waals surface area contributed by atoms with Crippen LogP contribution in [0, 0.1) is 5.92 Å². The predicted octanol–water partition coefficient (Wildman–Crippen LogP) is 3.34. The van der Waals surface area contributed by atoms with Crippen LogP contribution < -0.4 is 14.8 Å². The van der Waals surface area contributed by atoms with Crippen molar-refractivity contribution in [2.45, 2.75) is 52.4 Å². The molecule has 3 atom stereocenters. The third kappa shape index (κ3) is 6.87. The number of nitrogens with one attached hydrogen (secondary N) is 1. The Kier molecular flexibility index (Phi) is 8.66. The molecule has 1 aromatic heterocycles. The van der Waals surface area contributed by atoms with Crippen molar-refractivity contribution in [3.63, 3.8) is 0 Å². The van der Waals surface area contributed by atoms with E-state index in [0.717, 1.165) is 0 Å². The Hall–Kier alpha value is -3.29. The summed E-state index contributed by atoms with van der Waals surface area (Å²) in [6.07, 6.45) is 1.03. The van der Waals surface area contributed by atoms with Gasteiger partial charge in [-0.3, -0.25) is 4.79 Å². The number of amides is 1. The van der Waals surface area contributed by atoms with E-state index in [4.69, 9.17) is 14.2 Å². The summed E-state index contributed by atoms with van der Waals surface area (Å²) in [5.41, 5.74) is -0.237. The first kappa shape index (κ1) is 24.0. The van der Waals surface area contributed by atoms with E-state index in [-0.39, 0.29) is 23.5 Å². The molecule has 8 nitrogen and oxygen atoms in total. The van der Waals surface area contributed by atoms with Gasteiger partial charge in [-0.05, 0) is 38.3 Å². The molecule has 1 aromatic carbocycles. The zero-order chi connectivity index (χ0) is 23.0. The van der Waals surface area contributed by atoms with Crippen molar-refractivity contribution in [2.24, 2.45) is 5.92 Å². The van der Waals surface area contributed by atoms with E-state index in [1.54, 1.807) is 0 Å². The number of rotatable bonds is 10. The Balaban J connectivity index is 2.04. The molecule has 0 unspecified atom stereocenters. The lowest BCUT2D eigenvalue weighted by molar-refractivity contribution is -0.156. The Labute approximate surface area is 182 Å². The average molecular weight is 431 g/mol. The summed E-state index contributed by atoms with van der Waals surface area (Å²) < 4.78 is 16.6. The van der Waals surface area contributed by atoms with Crippen LogP contribution in [0.25, 0.3) is 0 Å². The zero-order valence-corrected chi connectivity index (χ0v) is 18.5. The van der Waals surface area contributed by atoms with Gasteiger partial charge < -0.3 is 24.6 Å². The highest BCUT2D eigenvalue weighted by Gasteiger charge is 2.28. The maximum atomic E-state index is 12.7. The standard InChI is InChI=1S/C23H30N2O6/c1-14(2)13-19(16(4)30-17-9-7-6-8-10-17)31-23(28)15(3)25-22(27)20-21(26)18(29-5)11-12-24-20/h6-12,14-16,19,26H,13H2,1-5H3,(H,25,27)/t15-,16-,19-/m0/s1. The molecule has 168 valence electrons. The van der Waals surface area contributed by atoms with Gasteiger partial charge >= 0.3 is 5.97 Å². The van der Waals surface area contributed by atoms with Gasteiger partial charge in [0.15, 0.2) is 17.2 Å². The number of hydrogen-bond acceptors (Lipinski definition) is 7. The fourth-order valence-corrected chi connectivity index (χ4v) is 2.93. The van der Waals surface area contributed by atoms with Gasteiger partial charge in [0, 0.05) is 12.3 Å². The molecular weight excluding hydrogens is 400 g/mol. The Morgan fingerprint density at radius 3 is 2.39 bits per heavy atom. The fourth-order valence-electron chi connectivity index (χ4n) is 2.93. The summed E-state index contributed by atoms with van der Waals surface area (Å²) in [6, 6.07) is 9.76. The molecule has 0 bridgehead atoms. The van der Waals surface area contributed by atoms with Gasteiger partial charge in [0.2, 0.25) is 0 Å². The summed E-state index contributed by atoms with van der Waals surface area (Å²) in [5, 5.41) is 12.6. The van der Waals surface area contributed by atoms with Crippen LogP contribution >= 0.6 is 0 Å². The number of pyridine rings is 1. The number of carbonyl (C=O) groups is 2. The monoisotopic (exact) mass is 430 g/mol. The van der Waals surface area contributed by atoms with Crippen LogP contribution in [-0.2, 0) is 9.53 Å². The minimum atomic E-state index is -0.960. The minimum Gasteiger partial charge on any atom is -0.503 e. The Bertz CT molecular complexity index is 872. The molecule has 0 saturated carbocycles. The summed E-state index contributed by atoms with van der Waals surface area (Å²) in [6.45, 7) is 7.40. The summed E-state index contributed by atoms with van der Waals surface area (Å²) >= 11 is 0. The molecule has 0 saturated heterocycles. The number of hydrogen-bond donors (Lipinski definition) is 2. The van der Waals surface area contributed by atoms with E-state index in [9.17, 15) is 14.7 Å². The molecule has 8 heteroatoms. The van der Waals surface area contributed by atoms with E-state index in [0.29, 0.717) is 12.2 Å². The molecule has 31 heavy (non-hydrogen) atoms. The molecule has 1 heterocycles. The first-order valence-corrected chi connectivity index (χ1v) is 10.2. The highest BCUT2D eigenvalue weighted by Crippen LogP contribution is 2.27. The van der Waals surface area contributed by atoms with Gasteiger partial charge in [-0.15, -0.1) is 0 Å². The number of esters is 1. The molecule has 1 amide bonds. The fraction of sp³-hybridized carbons (Fsp3) is 0.435. The van der Waals surface area contributed by atoms with Crippen molar-refractivity contribution < 1.29 is 28.9 Å². The third-order valence-electron chi connectivity index (χ3n) is 4.58. The summed E-state index contributed by atoms with van der Waals surface area (Å²) in [4.78, 5) is 29.0. The number of carbonyl (C=O) groups excluding carboxylic acids is 2. The van der Waals surface area contributed by atoms with Gasteiger partial charge in [-0.1, -0.05) is 32.0 Å². The molecule has 0 aliphatic carbocycles. The molecular formula is C23H30N2O6. The highest BCUT2D eigenvalue weighted by atomic mass is 16.6. The number of ether oxygens (including phenoxy) is 3. The molecule has 0 radical (unpaired) electrons. The van der Waals surface area contributed by atoms with Crippen LogP contribution in [0.4, 0.5) is 0 Å². The van der Waals surface area contributed by atoms with Gasteiger partial charge in [-0.2, -0.15) is 0 Å². The van der Waals surface area contributed by atoms with Crippen molar-refractivity contribution in [2.75, 3.05) is 7.11 Å². The molecule has 0 spiro atoms. The van der Waals surface area contributed by atoms with Crippen LogP contribution in [0.5, 0.6) is 17.2 Å². The number of methoxy groups -OCH3 is 1. The van der Waals surface area contributed by atoms with Crippen molar-refractivity contribution in [3.05, 3.63) is 48.3 Å². The van der Waals surface area contributed by atoms with Gasteiger partial charge in [0.05, 0.1) is 7.11 Å². The number of benzene rings is 1. The number of aromatic hydroxyl groups is 1. The quantitative estimate of drug-likeness (QED) is 0.557. The number of aromatic nitrogens is 1. The zero-order valence-electron chi connectivity index (χ0n) is 18.5. The van der Waals surface area contributed by atoms with E-state index < -0.39 is 29.8 Å². The van der Waals surface area contributed by atoms with Gasteiger partial charge in [0.25, 0.3) is 5.91 Å². The molecule has 0 aliphatic heterocycles. The van der Waals surface area contributed by atoms with Gasteiger partial charge in [-0.25, -0.2) is 9.78 Å². The van der Waals surface area contributed by atoms with E-state index >= 15 is 0 Å². The SMILES string of the molecule is COc1ccnc(C(=O)N[C@@H](C)C(=O)O[C@@H](CC(C)C)[C@H](C)Oc2ccccc2)c1O. The average Bonchev–Trinajstić information content (AvgIpc) is 2.73. The maximum absolute atomic E-state index is 12.7. The van der Waals surface area contributed by atoms with Crippen LogP contribution in [0.2, 0.25) is 0 Å². The smallest absolute Gasteiger partial charge is 0.328 e. The van der Waals surface area contributed by atoms with E-state index in [2.05, 4.69) is 10.3 Å². The van der Waals surface area contributed by atoms with Crippen molar-refractivity contribution >= 4 is 11.9 Å². The second-order valence-corrected chi connectivity index (χ2v) is 7.65. The van der Waals surface area contributed by atoms with Crippen molar-refractivity contribution in [1.82, 2.24) is 10.3 Å². The molecule has 2 aromatic rings. The third-order valence-corrected chi connectivity index (χ3v) is 4.58. The van der Waals surface area contributed by atoms with Crippen molar-refractivity contribution in [1.29, 1.82) is 0 Å². The molecule has 2 N–H and O–H groups in total. The highest BCUT2D eigenvalue weighted by molar-refractivity contribution is 5.97. The molecule has 2 rings (SSSR count). The summed E-state index contributed by atoms with van der Waals surface area (Å²) in [7, 11) is 1.37. The van der Waals surface area contributed by atoms with Gasteiger partial charge in [0.1, 0.15) is 24.0 Å². The number of nitrogens with zero attached hydrogens (tertiary/aromatic N) is 1. The molecule has 0 aliphatic rings. The normalized spacial score (nSPS) is 13.7. The predicted molar refractivity (Wildman–Crippen MR) is 115 cm³/mol.